The lowest BCUT2D eigenvalue weighted by Crippen LogP contribution is -2.51. The number of nitrogens with one attached hydrogen (secondary N) is 2. The summed E-state index contributed by atoms with van der Waals surface area (Å²) in [6.45, 7) is 1.65. The lowest BCUT2D eigenvalue weighted by atomic mass is 9.93. The van der Waals surface area contributed by atoms with Gasteiger partial charge in [-0.2, -0.15) is 0 Å². The predicted molar refractivity (Wildman–Crippen MR) is 139 cm³/mol. The van der Waals surface area contributed by atoms with Crippen LogP contribution in [-0.2, 0) is 9.53 Å². The fourth-order valence-corrected chi connectivity index (χ4v) is 5.78. The van der Waals surface area contributed by atoms with Crippen LogP contribution in [0.25, 0.3) is 11.2 Å². The number of ether oxygens (including phenoxy) is 1. The van der Waals surface area contributed by atoms with Gasteiger partial charge in [0, 0.05) is 44.5 Å². The molecule has 0 radical (unpaired) electrons. The van der Waals surface area contributed by atoms with Gasteiger partial charge in [0.25, 0.3) is 0 Å². The maximum Gasteiger partial charge on any atom is 0.327 e. The second kappa shape index (κ2) is 11.5. The lowest BCUT2D eigenvalue weighted by molar-refractivity contribution is -0.142. The van der Waals surface area contributed by atoms with Crippen LogP contribution < -0.4 is 11.0 Å². The molecule has 2 aliphatic rings. The summed E-state index contributed by atoms with van der Waals surface area (Å²) in [5.74, 6) is -2.57. The van der Waals surface area contributed by atoms with Crippen molar-refractivity contribution in [1.29, 1.82) is 0 Å². The Balaban J connectivity index is 1.23. The molecule has 39 heavy (non-hydrogen) atoms. The van der Waals surface area contributed by atoms with E-state index in [-0.39, 0.29) is 41.8 Å². The van der Waals surface area contributed by atoms with Gasteiger partial charge in [-0.15, -0.1) is 0 Å². The molecule has 10 nitrogen and oxygen atoms in total. The third-order valence-corrected chi connectivity index (χ3v) is 7.76. The molecule has 0 aliphatic carbocycles. The van der Waals surface area contributed by atoms with Crippen molar-refractivity contribution >= 4 is 23.2 Å². The fraction of sp³-hybridized carbons (Fsp3) is 0.481. The van der Waals surface area contributed by atoms with Crippen LogP contribution in [-0.4, -0.2) is 82.2 Å². The molecule has 2 aliphatic heterocycles. The summed E-state index contributed by atoms with van der Waals surface area (Å²) in [6.07, 6.45) is 3.93. The number of carbonyl (C=O) groups excluding carboxylic acids is 2. The number of halogens is 2. The van der Waals surface area contributed by atoms with Crippen LogP contribution in [0.3, 0.4) is 0 Å². The fourth-order valence-electron chi connectivity index (χ4n) is 5.78. The van der Waals surface area contributed by atoms with E-state index in [1.165, 1.54) is 13.2 Å². The Morgan fingerprint density at radius 1 is 1.10 bits per heavy atom. The SMILES string of the molecule is COC(=O)CN1C[C@H](NC(=O)N2CCC(n3c(=O)[nH]c4ncccc43)CC2)CC[C@@H](c2cccc(F)c2F)C1. The monoisotopic (exact) mass is 542 g/mol. The second-order valence-electron chi connectivity index (χ2n) is 10.2. The second-order valence-corrected chi connectivity index (χ2v) is 10.2. The van der Waals surface area contributed by atoms with Gasteiger partial charge in [-0.25, -0.2) is 23.4 Å². The van der Waals surface area contributed by atoms with Crippen molar-refractivity contribution in [2.75, 3.05) is 39.8 Å². The average molecular weight is 543 g/mol. The van der Waals surface area contributed by atoms with E-state index < -0.39 is 17.6 Å². The quantitative estimate of drug-likeness (QED) is 0.480. The molecule has 5 rings (SSSR count). The number of amides is 2. The van der Waals surface area contributed by atoms with E-state index in [9.17, 15) is 23.2 Å². The number of benzene rings is 1. The van der Waals surface area contributed by atoms with Crippen molar-refractivity contribution in [3.63, 3.8) is 0 Å². The van der Waals surface area contributed by atoms with E-state index in [0.29, 0.717) is 57.5 Å². The van der Waals surface area contributed by atoms with Crippen LogP contribution in [0.4, 0.5) is 13.6 Å². The third-order valence-electron chi connectivity index (χ3n) is 7.76. The van der Waals surface area contributed by atoms with Gasteiger partial charge in [0.05, 0.1) is 19.2 Å². The Kier molecular flexibility index (Phi) is 7.92. The number of fused-ring (bicyclic) bond motifs is 1. The number of carbonyl (C=O) groups is 2. The molecule has 2 saturated heterocycles. The molecule has 2 N–H and O–H groups in total. The van der Waals surface area contributed by atoms with Crippen molar-refractivity contribution in [2.24, 2.45) is 0 Å². The molecule has 0 saturated carbocycles. The summed E-state index contributed by atoms with van der Waals surface area (Å²) >= 11 is 0. The van der Waals surface area contributed by atoms with Crippen LogP contribution in [0.1, 0.15) is 43.2 Å². The number of rotatable bonds is 5. The summed E-state index contributed by atoms with van der Waals surface area (Å²) in [6, 6.07) is 7.22. The number of nitrogens with zero attached hydrogens (tertiary/aromatic N) is 4. The van der Waals surface area contributed by atoms with Gasteiger partial charge in [0.15, 0.2) is 17.3 Å². The number of hydrogen-bond acceptors (Lipinski definition) is 6. The Bertz CT molecular complexity index is 1400. The van der Waals surface area contributed by atoms with Gasteiger partial charge in [0.2, 0.25) is 0 Å². The first-order chi connectivity index (χ1) is 18.8. The highest BCUT2D eigenvalue weighted by molar-refractivity contribution is 5.75. The zero-order valence-corrected chi connectivity index (χ0v) is 21.7. The topological polar surface area (TPSA) is 113 Å². The third kappa shape index (κ3) is 5.80. The predicted octanol–water partition coefficient (Wildman–Crippen LogP) is 2.77. The van der Waals surface area contributed by atoms with Crippen molar-refractivity contribution in [1.82, 2.24) is 29.7 Å². The summed E-state index contributed by atoms with van der Waals surface area (Å²) in [7, 11) is 1.30. The Labute approximate surface area is 223 Å². The highest BCUT2D eigenvalue weighted by Gasteiger charge is 2.31. The van der Waals surface area contributed by atoms with E-state index in [2.05, 4.69) is 15.3 Å². The van der Waals surface area contributed by atoms with Gasteiger partial charge in [0.1, 0.15) is 0 Å². The summed E-state index contributed by atoms with van der Waals surface area (Å²) < 4.78 is 35.0. The van der Waals surface area contributed by atoms with E-state index in [1.807, 2.05) is 11.0 Å². The normalized spacial score (nSPS) is 21.1. The van der Waals surface area contributed by atoms with Gasteiger partial charge >= 0.3 is 17.7 Å². The smallest absolute Gasteiger partial charge is 0.327 e. The van der Waals surface area contributed by atoms with Gasteiger partial charge in [-0.1, -0.05) is 12.1 Å². The number of likely N-dealkylation sites (tertiary alicyclic amines) is 2. The minimum atomic E-state index is -0.907. The highest BCUT2D eigenvalue weighted by Crippen LogP contribution is 2.30. The molecule has 2 atom stereocenters. The van der Waals surface area contributed by atoms with E-state index in [4.69, 9.17) is 4.74 Å². The number of hydrogen-bond donors (Lipinski definition) is 2. The zero-order chi connectivity index (χ0) is 27.5. The number of aromatic amines is 1. The zero-order valence-electron chi connectivity index (χ0n) is 21.7. The average Bonchev–Trinajstić information content (AvgIpc) is 3.15. The molecule has 2 fully saturated rings. The number of methoxy groups -OCH3 is 1. The van der Waals surface area contributed by atoms with Crippen LogP contribution in [0.2, 0.25) is 0 Å². The standard InChI is InChI=1S/C27H32F2N6O4/c1-39-23(36)16-33-14-17(20-4-2-5-21(28)24(20)29)7-8-18(15-33)31-26(37)34-12-9-19(10-13-34)35-22-6-3-11-30-25(22)32-27(35)38/h2-6,11,17-19H,7-10,12-16H2,1H3,(H,31,37)(H,30,32,38)/t17-,18-/m1/s1. The molecule has 0 spiro atoms. The molecule has 3 aromatic rings. The van der Waals surface area contributed by atoms with Gasteiger partial charge < -0.3 is 15.0 Å². The Morgan fingerprint density at radius 3 is 2.67 bits per heavy atom. The minimum Gasteiger partial charge on any atom is -0.468 e. The molecule has 1 aromatic carbocycles. The largest absolute Gasteiger partial charge is 0.468 e. The molecule has 2 amide bonds. The number of H-pyrrole nitrogens is 1. The number of pyridine rings is 1. The molecule has 4 heterocycles. The van der Waals surface area contributed by atoms with Crippen molar-refractivity contribution < 1.29 is 23.1 Å². The molecular formula is C27H32F2N6O4. The summed E-state index contributed by atoms with van der Waals surface area (Å²) in [5.41, 5.74) is 1.35. The minimum absolute atomic E-state index is 0.0179. The number of urea groups is 1. The van der Waals surface area contributed by atoms with Gasteiger partial charge in [-0.3, -0.25) is 19.2 Å². The van der Waals surface area contributed by atoms with E-state index >= 15 is 0 Å². The first kappa shape index (κ1) is 26.8. The maximum atomic E-state index is 14.6. The Hall–Kier alpha value is -3.80. The Morgan fingerprint density at radius 2 is 1.90 bits per heavy atom. The lowest BCUT2D eigenvalue weighted by Gasteiger charge is -2.34. The maximum absolute atomic E-state index is 14.6. The molecular weight excluding hydrogens is 510 g/mol. The molecule has 0 bridgehead atoms. The first-order valence-corrected chi connectivity index (χ1v) is 13.2. The molecule has 2 aromatic heterocycles. The van der Waals surface area contributed by atoms with Crippen LogP contribution in [0, 0.1) is 11.6 Å². The highest BCUT2D eigenvalue weighted by atomic mass is 19.2. The summed E-state index contributed by atoms with van der Waals surface area (Å²) in [4.78, 5) is 48.3. The summed E-state index contributed by atoms with van der Waals surface area (Å²) in [5, 5.41) is 3.08. The van der Waals surface area contributed by atoms with Crippen molar-refractivity contribution in [3.05, 3.63) is 64.2 Å². The number of imidazole rings is 1. The van der Waals surface area contributed by atoms with Crippen LogP contribution in [0.5, 0.6) is 0 Å². The van der Waals surface area contributed by atoms with E-state index in [1.54, 1.807) is 27.8 Å². The molecule has 208 valence electrons. The molecule has 12 heteroatoms. The van der Waals surface area contributed by atoms with E-state index in [0.717, 1.165) is 11.6 Å². The number of aromatic nitrogens is 3. The number of piperidine rings is 1. The van der Waals surface area contributed by atoms with Gasteiger partial charge in [-0.05, 0) is 55.4 Å². The first-order valence-electron chi connectivity index (χ1n) is 13.2. The molecule has 0 unspecified atom stereocenters. The van der Waals surface area contributed by atoms with Crippen LogP contribution in [0.15, 0.2) is 41.3 Å². The number of esters is 1. The van der Waals surface area contributed by atoms with Crippen molar-refractivity contribution in [3.8, 4) is 0 Å². The van der Waals surface area contributed by atoms with Crippen molar-refractivity contribution in [2.45, 2.75) is 43.7 Å². The van der Waals surface area contributed by atoms with Crippen LogP contribution >= 0.6 is 0 Å².